The molecule has 7 heteroatoms. The SMILES string of the molecule is COCCNC(=O)CSc1ccccc1C(=O)N[C@@H](C)CN. The summed E-state index contributed by atoms with van der Waals surface area (Å²) in [7, 11) is 1.58. The van der Waals surface area contributed by atoms with E-state index in [0.717, 1.165) is 4.90 Å². The highest BCUT2D eigenvalue weighted by molar-refractivity contribution is 8.00. The molecule has 0 spiro atoms. The lowest BCUT2D eigenvalue weighted by Crippen LogP contribution is -2.38. The van der Waals surface area contributed by atoms with Crippen LogP contribution in [0.2, 0.25) is 0 Å². The summed E-state index contributed by atoms with van der Waals surface area (Å²) >= 11 is 1.33. The van der Waals surface area contributed by atoms with Crippen LogP contribution in [0.5, 0.6) is 0 Å². The highest BCUT2D eigenvalue weighted by atomic mass is 32.2. The number of benzene rings is 1. The summed E-state index contributed by atoms with van der Waals surface area (Å²) < 4.78 is 4.87. The maximum absolute atomic E-state index is 12.2. The highest BCUT2D eigenvalue weighted by Crippen LogP contribution is 2.22. The summed E-state index contributed by atoms with van der Waals surface area (Å²) in [4.78, 5) is 24.7. The van der Waals surface area contributed by atoms with Gasteiger partial charge in [-0.25, -0.2) is 0 Å². The maximum Gasteiger partial charge on any atom is 0.252 e. The third-order valence-electron chi connectivity index (χ3n) is 2.85. The van der Waals surface area contributed by atoms with Crippen molar-refractivity contribution in [3.05, 3.63) is 29.8 Å². The molecule has 1 rings (SSSR count). The lowest BCUT2D eigenvalue weighted by Gasteiger charge is -2.13. The molecule has 0 unspecified atom stereocenters. The molecule has 0 fully saturated rings. The van der Waals surface area contributed by atoms with Gasteiger partial charge in [0.05, 0.1) is 17.9 Å². The standard InChI is InChI=1S/C15H23N3O3S/c1-11(9-16)18-15(20)12-5-3-4-6-13(12)22-10-14(19)17-7-8-21-2/h3-6,11H,7-10,16H2,1-2H3,(H,17,19)(H,18,20)/t11-/m0/s1. The van der Waals surface area contributed by atoms with Gasteiger partial charge in [0.25, 0.3) is 5.91 Å². The van der Waals surface area contributed by atoms with Crippen LogP contribution in [0.4, 0.5) is 0 Å². The van der Waals surface area contributed by atoms with E-state index in [2.05, 4.69) is 10.6 Å². The Balaban J connectivity index is 2.60. The number of rotatable bonds is 9. The normalized spacial score (nSPS) is 11.8. The van der Waals surface area contributed by atoms with E-state index in [0.29, 0.717) is 25.3 Å². The molecular weight excluding hydrogens is 302 g/mol. The second-order valence-corrected chi connectivity index (χ2v) is 5.75. The van der Waals surface area contributed by atoms with Crippen molar-refractivity contribution >= 4 is 23.6 Å². The van der Waals surface area contributed by atoms with Crippen LogP contribution in [0.1, 0.15) is 17.3 Å². The quantitative estimate of drug-likeness (QED) is 0.457. The van der Waals surface area contributed by atoms with Crippen molar-refractivity contribution < 1.29 is 14.3 Å². The summed E-state index contributed by atoms with van der Waals surface area (Å²) in [6.45, 7) is 3.18. The summed E-state index contributed by atoms with van der Waals surface area (Å²) in [5, 5.41) is 5.56. The average Bonchev–Trinajstić information content (AvgIpc) is 2.53. The first-order chi connectivity index (χ1) is 10.6. The van der Waals surface area contributed by atoms with Gasteiger partial charge in [0.15, 0.2) is 0 Å². The Bertz CT molecular complexity index is 497. The van der Waals surface area contributed by atoms with E-state index >= 15 is 0 Å². The van der Waals surface area contributed by atoms with Gasteiger partial charge in [0, 0.05) is 31.1 Å². The third-order valence-corrected chi connectivity index (χ3v) is 3.92. The van der Waals surface area contributed by atoms with Crippen LogP contribution in [-0.2, 0) is 9.53 Å². The predicted octanol–water partition coefficient (Wildman–Crippen LogP) is 0.618. The summed E-state index contributed by atoms with van der Waals surface area (Å²) in [5.41, 5.74) is 6.06. The average molecular weight is 325 g/mol. The van der Waals surface area contributed by atoms with Crippen molar-refractivity contribution in [3.8, 4) is 0 Å². The van der Waals surface area contributed by atoms with E-state index in [1.807, 2.05) is 19.1 Å². The molecule has 22 heavy (non-hydrogen) atoms. The van der Waals surface area contributed by atoms with Crippen molar-refractivity contribution in [2.24, 2.45) is 5.73 Å². The van der Waals surface area contributed by atoms with Crippen LogP contribution >= 0.6 is 11.8 Å². The van der Waals surface area contributed by atoms with Gasteiger partial charge < -0.3 is 21.1 Å². The molecule has 2 amide bonds. The number of methoxy groups -OCH3 is 1. The van der Waals surface area contributed by atoms with Crippen LogP contribution in [0, 0.1) is 0 Å². The number of carbonyl (C=O) groups is 2. The largest absolute Gasteiger partial charge is 0.383 e. The van der Waals surface area contributed by atoms with E-state index in [1.54, 1.807) is 19.2 Å². The smallest absolute Gasteiger partial charge is 0.252 e. The predicted molar refractivity (Wildman–Crippen MR) is 88.0 cm³/mol. The number of nitrogens with one attached hydrogen (secondary N) is 2. The number of thioether (sulfide) groups is 1. The zero-order valence-corrected chi connectivity index (χ0v) is 13.7. The monoisotopic (exact) mass is 325 g/mol. The maximum atomic E-state index is 12.2. The van der Waals surface area contributed by atoms with Gasteiger partial charge >= 0.3 is 0 Å². The zero-order valence-electron chi connectivity index (χ0n) is 12.9. The van der Waals surface area contributed by atoms with Gasteiger partial charge in [-0.3, -0.25) is 9.59 Å². The van der Waals surface area contributed by atoms with Crippen molar-refractivity contribution in [2.75, 3.05) is 32.6 Å². The number of hydrogen-bond acceptors (Lipinski definition) is 5. The summed E-state index contributed by atoms with van der Waals surface area (Å²) in [6, 6.07) is 7.11. The Morgan fingerprint density at radius 1 is 1.36 bits per heavy atom. The van der Waals surface area contributed by atoms with E-state index in [-0.39, 0.29) is 23.6 Å². The van der Waals surface area contributed by atoms with E-state index in [1.165, 1.54) is 11.8 Å². The molecule has 0 aromatic heterocycles. The van der Waals surface area contributed by atoms with Crippen molar-refractivity contribution in [3.63, 3.8) is 0 Å². The molecule has 122 valence electrons. The minimum Gasteiger partial charge on any atom is -0.383 e. The third kappa shape index (κ3) is 6.46. The zero-order chi connectivity index (χ0) is 16.4. The van der Waals surface area contributed by atoms with Crippen LogP contribution in [0.25, 0.3) is 0 Å². The van der Waals surface area contributed by atoms with Crippen LogP contribution in [0.15, 0.2) is 29.2 Å². The fourth-order valence-corrected chi connectivity index (χ4v) is 2.51. The van der Waals surface area contributed by atoms with Crippen LogP contribution < -0.4 is 16.4 Å². The van der Waals surface area contributed by atoms with Crippen LogP contribution in [0.3, 0.4) is 0 Å². The van der Waals surface area contributed by atoms with Crippen LogP contribution in [-0.4, -0.2) is 50.4 Å². The van der Waals surface area contributed by atoms with Gasteiger partial charge in [-0.05, 0) is 19.1 Å². The van der Waals surface area contributed by atoms with Gasteiger partial charge in [0.2, 0.25) is 5.91 Å². The molecule has 0 aliphatic rings. The second kappa shape index (κ2) is 10.2. The molecule has 1 aromatic rings. The van der Waals surface area contributed by atoms with Crippen molar-refractivity contribution in [2.45, 2.75) is 17.9 Å². The topological polar surface area (TPSA) is 93.4 Å². The van der Waals surface area contributed by atoms with E-state index < -0.39 is 0 Å². The first-order valence-corrected chi connectivity index (χ1v) is 8.05. The van der Waals surface area contributed by atoms with Gasteiger partial charge in [-0.1, -0.05) is 12.1 Å². The molecule has 1 atom stereocenters. The number of hydrogen-bond donors (Lipinski definition) is 3. The molecule has 1 aromatic carbocycles. The first kappa shape index (κ1) is 18.5. The molecule has 0 heterocycles. The highest BCUT2D eigenvalue weighted by Gasteiger charge is 2.14. The second-order valence-electron chi connectivity index (χ2n) is 4.74. The Kier molecular flexibility index (Phi) is 8.57. The minimum absolute atomic E-state index is 0.0902. The van der Waals surface area contributed by atoms with Gasteiger partial charge in [0.1, 0.15) is 0 Å². The Hall–Kier alpha value is -1.57. The molecule has 0 saturated heterocycles. The van der Waals surface area contributed by atoms with E-state index in [4.69, 9.17) is 10.5 Å². The fraction of sp³-hybridized carbons (Fsp3) is 0.467. The Morgan fingerprint density at radius 3 is 2.77 bits per heavy atom. The van der Waals surface area contributed by atoms with Gasteiger partial charge in [-0.15, -0.1) is 11.8 Å². The molecule has 0 saturated carbocycles. The van der Waals surface area contributed by atoms with Gasteiger partial charge in [-0.2, -0.15) is 0 Å². The molecule has 6 nitrogen and oxygen atoms in total. The number of nitrogens with two attached hydrogens (primary N) is 1. The number of carbonyl (C=O) groups excluding carboxylic acids is 2. The number of ether oxygens (including phenoxy) is 1. The minimum atomic E-state index is -0.180. The summed E-state index contributed by atoms with van der Waals surface area (Å²) in [6.07, 6.45) is 0. The first-order valence-electron chi connectivity index (χ1n) is 7.06. The molecule has 4 N–H and O–H groups in total. The molecular formula is C15H23N3O3S. The Morgan fingerprint density at radius 2 is 2.09 bits per heavy atom. The molecule has 0 bridgehead atoms. The summed E-state index contributed by atoms with van der Waals surface area (Å²) in [5.74, 6) is -0.0195. The molecule has 0 aliphatic heterocycles. The Labute approximate surface area is 135 Å². The number of amides is 2. The van der Waals surface area contributed by atoms with Crippen molar-refractivity contribution in [1.82, 2.24) is 10.6 Å². The fourth-order valence-electron chi connectivity index (χ4n) is 1.63. The van der Waals surface area contributed by atoms with E-state index in [9.17, 15) is 9.59 Å². The lowest BCUT2D eigenvalue weighted by atomic mass is 10.2. The van der Waals surface area contributed by atoms with Crippen molar-refractivity contribution in [1.29, 1.82) is 0 Å². The molecule has 0 aliphatic carbocycles. The molecule has 0 radical (unpaired) electrons. The lowest BCUT2D eigenvalue weighted by molar-refractivity contribution is -0.118.